The van der Waals surface area contributed by atoms with Gasteiger partial charge in [0, 0.05) is 25.4 Å². The number of nitrogens with zero attached hydrogens (tertiary/aromatic N) is 5. The van der Waals surface area contributed by atoms with E-state index in [0.29, 0.717) is 24.9 Å². The number of para-hydroxylation sites is 1. The molecule has 28 heavy (non-hydrogen) atoms. The third-order valence-corrected chi connectivity index (χ3v) is 4.51. The minimum absolute atomic E-state index is 0.124. The Morgan fingerprint density at radius 1 is 1.36 bits per heavy atom. The molecule has 9 nitrogen and oxygen atoms in total. The van der Waals surface area contributed by atoms with E-state index in [2.05, 4.69) is 20.6 Å². The smallest absolute Gasteiger partial charge is 0.317 e. The molecule has 1 aliphatic heterocycles. The lowest BCUT2D eigenvalue weighted by Gasteiger charge is -2.16. The van der Waals surface area contributed by atoms with Crippen LogP contribution in [-0.4, -0.2) is 44.5 Å². The predicted molar refractivity (Wildman–Crippen MR) is 99.5 cm³/mol. The van der Waals surface area contributed by atoms with Gasteiger partial charge in [0.15, 0.2) is 5.82 Å². The molecule has 4 rings (SSSR count). The van der Waals surface area contributed by atoms with Crippen LogP contribution in [0.4, 0.5) is 4.79 Å². The normalized spacial score (nSPS) is 16.2. The van der Waals surface area contributed by atoms with Crippen molar-refractivity contribution < 1.29 is 14.1 Å². The second kappa shape index (κ2) is 8.22. The van der Waals surface area contributed by atoms with E-state index in [9.17, 15) is 4.79 Å². The lowest BCUT2D eigenvalue weighted by molar-refractivity contribution is 0.0835. The molecule has 2 amide bonds. The largest absolute Gasteiger partial charge is 0.368 e. The van der Waals surface area contributed by atoms with Crippen molar-refractivity contribution in [3.05, 3.63) is 60.0 Å². The van der Waals surface area contributed by atoms with Crippen LogP contribution in [0.5, 0.6) is 0 Å². The Hall–Kier alpha value is -3.20. The maximum Gasteiger partial charge on any atom is 0.317 e. The van der Waals surface area contributed by atoms with Crippen LogP contribution in [0.2, 0.25) is 0 Å². The zero-order valence-electron chi connectivity index (χ0n) is 15.6. The Kier molecular flexibility index (Phi) is 5.34. The van der Waals surface area contributed by atoms with Gasteiger partial charge in [-0.05, 0) is 25.0 Å². The van der Waals surface area contributed by atoms with Crippen molar-refractivity contribution >= 4 is 6.03 Å². The summed E-state index contributed by atoms with van der Waals surface area (Å²) in [4.78, 5) is 18.2. The maximum atomic E-state index is 12.3. The summed E-state index contributed by atoms with van der Waals surface area (Å²) in [5.41, 5.74) is 1.90. The van der Waals surface area contributed by atoms with Crippen molar-refractivity contribution in [2.75, 3.05) is 13.7 Å². The fraction of sp³-hybridized carbons (Fsp3) is 0.368. The summed E-state index contributed by atoms with van der Waals surface area (Å²) in [5.74, 6) is 0.910. The zero-order valence-corrected chi connectivity index (χ0v) is 15.6. The fourth-order valence-electron chi connectivity index (χ4n) is 3.04. The lowest BCUT2D eigenvalue weighted by Crippen LogP contribution is -2.36. The van der Waals surface area contributed by atoms with Crippen LogP contribution in [0.15, 0.2) is 47.2 Å². The number of benzene rings is 1. The predicted octanol–water partition coefficient (Wildman–Crippen LogP) is 2.45. The van der Waals surface area contributed by atoms with E-state index in [0.717, 1.165) is 24.1 Å². The van der Waals surface area contributed by atoms with Crippen molar-refractivity contribution in [1.82, 2.24) is 30.1 Å². The molecule has 3 heterocycles. The summed E-state index contributed by atoms with van der Waals surface area (Å²) < 4.78 is 12.5. The van der Waals surface area contributed by atoms with Gasteiger partial charge >= 0.3 is 6.03 Å². The van der Waals surface area contributed by atoms with Gasteiger partial charge in [-0.25, -0.2) is 9.48 Å². The Morgan fingerprint density at radius 2 is 2.21 bits per heavy atom. The molecule has 9 heteroatoms. The van der Waals surface area contributed by atoms with Crippen molar-refractivity contribution in [1.29, 1.82) is 0 Å². The Labute approximate surface area is 162 Å². The van der Waals surface area contributed by atoms with Gasteiger partial charge in [0.2, 0.25) is 0 Å². The second-order valence-corrected chi connectivity index (χ2v) is 6.69. The topological polar surface area (TPSA) is 98.3 Å². The van der Waals surface area contributed by atoms with Gasteiger partial charge < -0.3 is 19.5 Å². The van der Waals surface area contributed by atoms with Crippen molar-refractivity contribution in [2.24, 2.45) is 0 Å². The molecule has 1 atom stereocenters. The first-order valence-corrected chi connectivity index (χ1v) is 9.21. The molecule has 0 radical (unpaired) electrons. The Bertz CT molecular complexity index is 917. The minimum atomic E-state index is -0.226. The highest BCUT2D eigenvalue weighted by atomic mass is 16.5. The SMILES string of the molecule is CN(Cc1cnn(-c2ccccc2)c1)C(=O)NCc1noc(C2CCCO2)n1. The van der Waals surface area contributed by atoms with Gasteiger partial charge in [-0.1, -0.05) is 23.4 Å². The van der Waals surface area contributed by atoms with Crippen LogP contribution in [0, 0.1) is 0 Å². The van der Waals surface area contributed by atoms with Crippen molar-refractivity contribution in [2.45, 2.75) is 32.0 Å². The summed E-state index contributed by atoms with van der Waals surface area (Å²) in [6.07, 6.45) is 5.41. The van der Waals surface area contributed by atoms with E-state index in [1.165, 1.54) is 0 Å². The molecule has 1 fully saturated rings. The third-order valence-electron chi connectivity index (χ3n) is 4.51. The van der Waals surface area contributed by atoms with E-state index in [1.807, 2.05) is 36.5 Å². The summed E-state index contributed by atoms with van der Waals surface area (Å²) in [6, 6.07) is 9.60. The highest BCUT2D eigenvalue weighted by Gasteiger charge is 2.24. The van der Waals surface area contributed by atoms with Crippen LogP contribution in [0.1, 0.15) is 36.2 Å². The van der Waals surface area contributed by atoms with E-state index in [4.69, 9.17) is 9.26 Å². The average molecular weight is 382 g/mol. The number of hydrogen-bond acceptors (Lipinski definition) is 6. The molecule has 2 aromatic heterocycles. The van der Waals surface area contributed by atoms with Gasteiger partial charge in [-0.3, -0.25) is 0 Å². The van der Waals surface area contributed by atoms with E-state index in [-0.39, 0.29) is 18.7 Å². The molecule has 1 saturated heterocycles. The molecule has 1 aromatic carbocycles. The number of aromatic nitrogens is 4. The minimum Gasteiger partial charge on any atom is -0.368 e. The molecule has 0 saturated carbocycles. The van der Waals surface area contributed by atoms with Gasteiger partial charge in [0.05, 0.1) is 25.0 Å². The molecule has 1 N–H and O–H groups in total. The molecule has 0 spiro atoms. The van der Waals surface area contributed by atoms with Crippen LogP contribution < -0.4 is 5.32 Å². The number of amides is 2. The standard InChI is InChI=1S/C19H22N6O3/c1-24(12-14-10-21-25(13-14)15-6-3-2-4-7-15)19(26)20-11-17-22-18(28-23-17)16-8-5-9-27-16/h2-4,6-7,10,13,16H,5,8-9,11-12H2,1H3,(H,20,26). The average Bonchev–Trinajstić information content (AvgIpc) is 3.47. The molecule has 1 unspecified atom stereocenters. The summed E-state index contributed by atoms with van der Waals surface area (Å²) in [7, 11) is 1.73. The zero-order chi connectivity index (χ0) is 19.3. The number of ether oxygens (including phenoxy) is 1. The number of urea groups is 1. The molecule has 146 valence electrons. The van der Waals surface area contributed by atoms with Gasteiger partial charge in [0.25, 0.3) is 5.89 Å². The number of rotatable bonds is 6. The van der Waals surface area contributed by atoms with Crippen LogP contribution in [0.25, 0.3) is 5.69 Å². The highest BCUT2D eigenvalue weighted by Crippen LogP contribution is 2.26. The van der Waals surface area contributed by atoms with Crippen molar-refractivity contribution in [3.8, 4) is 5.69 Å². The van der Waals surface area contributed by atoms with Gasteiger partial charge in [0.1, 0.15) is 6.10 Å². The number of carbonyl (C=O) groups excluding carboxylic acids is 1. The van der Waals surface area contributed by atoms with E-state index >= 15 is 0 Å². The van der Waals surface area contributed by atoms with Crippen LogP contribution >= 0.6 is 0 Å². The maximum absolute atomic E-state index is 12.3. The van der Waals surface area contributed by atoms with Crippen molar-refractivity contribution in [3.63, 3.8) is 0 Å². The monoisotopic (exact) mass is 382 g/mol. The first-order valence-electron chi connectivity index (χ1n) is 9.21. The highest BCUT2D eigenvalue weighted by molar-refractivity contribution is 5.73. The Morgan fingerprint density at radius 3 is 3.00 bits per heavy atom. The second-order valence-electron chi connectivity index (χ2n) is 6.69. The quantitative estimate of drug-likeness (QED) is 0.703. The molecule has 3 aromatic rings. The third kappa shape index (κ3) is 4.20. The summed E-state index contributed by atoms with van der Waals surface area (Å²) in [6.45, 7) is 1.35. The number of hydrogen-bond donors (Lipinski definition) is 1. The van der Waals surface area contributed by atoms with Gasteiger partial charge in [-0.15, -0.1) is 0 Å². The van der Waals surface area contributed by atoms with Gasteiger partial charge in [-0.2, -0.15) is 10.1 Å². The number of nitrogens with one attached hydrogen (secondary N) is 1. The molecular formula is C19H22N6O3. The Balaban J connectivity index is 1.28. The summed E-state index contributed by atoms with van der Waals surface area (Å²) >= 11 is 0. The molecule has 0 aliphatic carbocycles. The first kappa shape index (κ1) is 18.2. The van der Waals surface area contributed by atoms with E-state index < -0.39 is 0 Å². The van der Waals surface area contributed by atoms with E-state index in [1.54, 1.807) is 22.8 Å². The molecule has 0 bridgehead atoms. The number of carbonyl (C=O) groups is 1. The molecular weight excluding hydrogens is 360 g/mol. The first-order chi connectivity index (χ1) is 13.7. The lowest BCUT2D eigenvalue weighted by atomic mass is 10.2. The van der Waals surface area contributed by atoms with Crippen LogP contribution in [0.3, 0.4) is 0 Å². The summed E-state index contributed by atoms with van der Waals surface area (Å²) in [5, 5.41) is 11.0. The molecule has 1 aliphatic rings. The fourth-order valence-corrected chi connectivity index (χ4v) is 3.04. The van der Waals surface area contributed by atoms with Crippen LogP contribution in [-0.2, 0) is 17.8 Å².